The van der Waals surface area contributed by atoms with Crippen molar-refractivity contribution < 1.29 is 107 Å². The number of esters is 6. The Labute approximate surface area is 427 Å². The summed E-state index contributed by atoms with van der Waals surface area (Å²) in [4.78, 5) is 78.4. The molecule has 396 valence electrons. The highest BCUT2D eigenvalue weighted by molar-refractivity contribution is 5.89. The van der Waals surface area contributed by atoms with Gasteiger partial charge in [0.15, 0.2) is 29.8 Å². The first-order chi connectivity index (χ1) is 35.8. The minimum atomic E-state index is -2.77. The van der Waals surface area contributed by atoms with Crippen molar-refractivity contribution in [1.29, 1.82) is 0 Å². The fourth-order valence-corrected chi connectivity index (χ4v) is 7.38. The Bertz CT molecular complexity index is 2770. The molecule has 22 heteroatoms. The molecule has 9 unspecified atom stereocenters. The molecular formula is C53H52O22. The van der Waals surface area contributed by atoms with Crippen LogP contribution in [-0.4, -0.2) is 148 Å². The van der Waals surface area contributed by atoms with Gasteiger partial charge in [0.1, 0.15) is 61.5 Å². The summed E-state index contributed by atoms with van der Waals surface area (Å²) in [7, 11) is 1.33. The maximum atomic E-state index is 13.7. The van der Waals surface area contributed by atoms with Crippen molar-refractivity contribution in [3.63, 3.8) is 0 Å². The van der Waals surface area contributed by atoms with Gasteiger partial charge in [0, 0.05) is 38.2 Å². The van der Waals surface area contributed by atoms with E-state index < -0.39 is 110 Å². The third-order valence-corrected chi connectivity index (χ3v) is 11.0. The van der Waals surface area contributed by atoms with E-state index in [0.29, 0.717) is 22.3 Å². The van der Waals surface area contributed by atoms with Crippen LogP contribution in [0.1, 0.15) is 36.1 Å². The maximum Gasteiger partial charge on any atom is 0.331 e. The molecule has 0 aliphatic carbocycles. The van der Waals surface area contributed by atoms with Gasteiger partial charge in [-0.15, -0.1) is 0 Å². The van der Waals surface area contributed by atoms with E-state index in [2.05, 4.69) is 0 Å². The Hall–Kier alpha value is -8.54. The first-order valence-corrected chi connectivity index (χ1v) is 22.7. The smallest absolute Gasteiger partial charge is 0.331 e. The monoisotopic (exact) mass is 1040 g/mol. The van der Waals surface area contributed by atoms with E-state index in [1.54, 1.807) is 0 Å². The molecule has 4 aromatic rings. The highest BCUT2D eigenvalue weighted by atomic mass is 16.8. The van der Waals surface area contributed by atoms with Gasteiger partial charge in [0.2, 0.25) is 12.1 Å². The molecule has 0 aromatic heterocycles. The SMILES string of the molecule is COc1cc(C=CC(=O)OCC2OC(OC3(COC(=O)C=Cc4ccc(O)cc4)OC(COC(=O)C=Cc4ccc(O)cc4)C(O)C3OC(=O)C=Cc3ccc(O)cc3)C(OC(C)=O)C(O)C2OC(C)=O)ccc1O. The summed E-state index contributed by atoms with van der Waals surface area (Å²) in [6.07, 6.45) is -6.22. The van der Waals surface area contributed by atoms with Crippen LogP contribution >= 0.6 is 0 Å². The van der Waals surface area contributed by atoms with E-state index in [4.69, 9.17) is 47.4 Å². The predicted molar refractivity (Wildman–Crippen MR) is 258 cm³/mol. The van der Waals surface area contributed by atoms with Crippen molar-refractivity contribution in [3.05, 3.63) is 138 Å². The Morgan fingerprint density at radius 1 is 0.547 bits per heavy atom. The van der Waals surface area contributed by atoms with Crippen LogP contribution in [0.25, 0.3) is 24.3 Å². The minimum absolute atomic E-state index is 0.0223. The van der Waals surface area contributed by atoms with Crippen molar-refractivity contribution in [2.75, 3.05) is 26.9 Å². The first-order valence-electron chi connectivity index (χ1n) is 22.7. The van der Waals surface area contributed by atoms with Crippen LogP contribution in [0.4, 0.5) is 0 Å². The van der Waals surface area contributed by atoms with E-state index in [1.807, 2.05) is 0 Å². The molecule has 2 saturated heterocycles. The largest absolute Gasteiger partial charge is 0.508 e. The molecule has 0 saturated carbocycles. The lowest BCUT2D eigenvalue weighted by Crippen LogP contribution is -2.65. The molecular weight excluding hydrogens is 989 g/mol. The lowest BCUT2D eigenvalue weighted by atomic mass is 9.98. The number of aromatic hydroxyl groups is 4. The summed E-state index contributed by atoms with van der Waals surface area (Å²) in [6.45, 7) is -0.763. The third kappa shape index (κ3) is 16.0. The number of phenols is 4. The van der Waals surface area contributed by atoms with E-state index in [0.717, 1.165) is 38.2 Å². The molecule has 4 aromatic carbocycles. The predicted octanol–water partition coefficient (Wildman–Crippen LogP) is 3.63. The Balaban J connectivity index is 1.36. The van der Waals surface area contributed by atoms with Gasteiger partial charge in [-0.2, -0.15) is 0 Å². The molecule has 6 N–H and O–H groups in total. The first kappa shape index (κ1) is 55.8. The zero-order valence-electron chi connectivity index (χ0n) is 40.2. The molecule has 2 aliphatic rings. The van der Waals surface area contributed by atoms with Gasteiger partial charge in [-0.3, -0.25) is 9.59 Å². The summed E-state index contributed by atoms with van der Waals surface area (Å²) >= 11 is 0. The number of ether oxygens (including phenoxy) is 10. The number of hydrogen-bond acceptors (Lipinski definition) is 22. The van der Waals surface area contributed by atoms with Crippen molar-refractivity contribution in [1.82, 2.24) is 0 Å². The normalized spacial score (nSPS) is 23.5. The zero-order valence-corrected chi connectivity index (χ0v) is 40.2. The lowest BCUT2D eigenvalue weighted by molar-refractivity contribution is -0.384. The highest BCUT2D eigenvalue weighted by Gasteiger charge is 2.63. The van der Waals surface area contributed by atoms with Crippen LogP contribution in [0.5, 0.6) is 28.7 Å². The molecule has 2 fully saturated rings. The third-order valence-electron chi connectivity index (χ3n) is 11.0. The van der Waals surface area contributed by atoms with Crippen molar-refractivity contribution in [2.45, 2.75) is 68.7 Å². The molecule has 0 bridgehead atoms. The number of aliphatic hydroxyl groups is 2. The number of hydrogen-bond donors (Lipinski definition) is 6. The maximum absolute atomic E-state index is 13.7. The van der Waals surface area contributed by atoms with Gasteiger partial charge in [0.05, 0.1) is 7.11 Å². The molecule has 0 amide bonds. The molecule has 2 aliphatic heterocycles. The fraction of sp³-hybridized carbons (Fsp3) is 0.283. The van der Waals surface area contributed by atoms with Crippen molar-refractivity contribution in [2.24, 2.45) is 0 Å². The molecule has 75 heavy (non-hydrogen) atoms. The topological polar surface area (TPSA) is 316 Å². The van der Waals surface area contributed by atoms with E-state index in [-0.39, 0.29) is 28.7 Å². The summed E-state index contributed by atoms with van der Waals surface area (Å²) in [5.74, 6) is -9.18. The van der Waals surface area contributed by atoms with Crippen molar-refractivity contribution >= 4 is 60.1 Å². The standard InChI is InChI=1S/C53H52O22/c1-30(54)70-49-42(28-68-44(61)24-14-35-10-21-39(59)40(26-35)66-3)72-52(50(48(49)65)71-31(2)55)75-53(29-69-45(62)23-12-33-6-17-37(57)18-7-33)51(73-46(63)25-13-34-8-19-38(58)20-9-34)47(64)41(74-53)27-67-43(60)22-11-32-4-15-36(56)16-5-32/h4-26,41-42,47-52,56-59,64-65H,27-29H2,1-3H3. The van der Waals surface area contributed by atoms with Crippen molar-refractivity contribution in [3.8, 4) is 28.7 Å². The van der Waals surface area contributed by atoms with E-state index in [1.165, 1.54) is 122 Å². The summed E-state index contributed by atoms with van der Waals surface area (Å²) in [5, 5.41) is 62.9. The molecule has 0 spiro atoms. The second kappa shape index (κ2) is 25.9. The summed E-state index contributed by atoms with van der Waals surface area (Å²) in [5.41, 5.74) is 1.76. The number of carbonyl (C=O) groups is 6. The van der Waals surface area contributed by atoms with Gasteiger partial charge in [0.25, 0.3) is 0 Å². The molecule has 2 heterocycles. The summed E-state index contributed by atoms with van der Waals surface area (Å²) in [6, 6.07) is 21.3. The average Bonchev–Trinajstić information content (AvgIpc) is 3.63. The van der Waals surface area contributed by atoms with Gasteiger partial charge in [-0.05, 0) is 95.1 Å². The Morgan fingerprint density at radius 3 is 1.48 bits per heavy atom. The summed E-state index contributed by atoms with van der Waals surface area (Å²) < 4.78 is 56.9. The number of benzene rings is 4. The quantitative estimate of drug-likeness (QED) is 0.0418. The van der Waals surface area contributed by atoms with Crippen LogP contribution in [0.3, 0.4) is 0 Å². The number of aliphatic hydroxyl groups excluding tert-OH is 2. The highest BCUT2D eigenvalue weighted by Crippen LogP contribution is 2.40. The van der Waals surface area contributed by atoms with Crippen LogP contribution in [0, 0.1) is 0 Å². The van der Waals surface area contributed by atoms with Gasteiger partial charge >= 0.3 is 35.8 Å². The lowest BCUT2D eigenvalue weighted by Gasteiger charge is -2.45. The number of rotatable bonds is 20. The van der Waals surface area contributed by atoms with Gasteiger partial charge in [-0.1, -0.05) is 42.5 Å². The van der Waals surface area contributed by atoms with Crippen LogP contribution in [0.15, 0.2) is 115 Å². The number of phenolic OH excluding ortho intramolecular Hbond substituents is 4. The van der Waals surface area contributed by atoms with Gasteiger partial charge < -0.3 is 78.0 Å². The molecule has 22 nitrogen and oxygen atoms in total. The van der Waals surface area contributed by atoms with Gasteiger partial charge in [-0.25, -0.2) is 19.2 Å². The van der Waals surface area contributed by atoms with Crippen LogP contribution in [-0.2, 0) is 71.4 Å². The molecule has 6 rings (SSSR count). The van der Waals surface area contributed by atoms with E-state index >= 15 is 0 Å². The van der Waals surface area contributed by atoms with Crippen LogP contribution in [0.2, 0.25) is 0 Å². The minimum Gasteiger partial charge on any atom is -0.508 e. The molecule has 9 atom stereocenters. The second-order valence-corrected chi connectivity index (χ2v) is 16.5. The number of methoxy groups -OCH3 is 1. The average molecular weight is 1040 g/mol. The van der Waals surface area contributed by atoms with E-state index in [9.17, 15) is 59.4 Å². The fourth-order valence-electron chi connectivity index (χ4n) is 7.38. The Kier molecular flexibility index (Phi) is 19.3. The zero-order chi connectivity index (χ0) is 54.2. The number of carbonyl (C=O) groups excluding carboxylic acids is 6. The van der Waals surface area contributed by atoms with Crippen LogP contribution < -0.4 is 4.74 Å². The Morgan fingerprint density at radius 2 is 0.987 bits per heavy atom. The molecule has 0 radical (unpaired) electrons. The second-order valence-electron chi connectivity index (χ2n) is 16.5.